The van der Waals surface area contributed by atoms with Gasteiger partial charge in [0.2, 0.25) is 5.89 Å². The van der Waals surface area contributed by atoms with Crippen LogP contribution < -0.4 is 10.2 Å². The van der Waals surface area contributed by atoms with Crippen LogP contribution in [0, 0.1) is 0 Å². The molecule has 1 aromatic rings. The Bertz CT molecular complexity index is 370. The summed E-state index contributed by atoms with van der Waals surface area (Å²) in [4.78, 5) is 6.53. The molecule has 1 N–H and O–H groups in total. The third-order valence-electron chi connectivity index (χ3n) is 3.65. The molecule has 0 unspecified atom stereocenters. The molecule has 1 aromatic heterocycles. The van der Waals surface area contributed by atoms with E-state index in [4.69, 9.17) is 9.26 Å². The zero-order valence-electron chi connectivity index (χ0n) is 10.6. The Morgan fingerprint density at radius 3 is 2.78 bits per heavy atom. The minimum Gasteiger partial charge on any atom is -0.378 e. The van der Waals surface area contributed by atoms with Gasteiger partial charge in [-0.15, -0.1) is 0 Å². The largest absolute Gasteiger partial charge is 0.378 e. The van der Waals surface area contributed by atoms with Gasteiger partial charge in [0.1, 0.15) is 0 Å². The summed E-state index contributed by atoms with van der Waals surface area (Å²) in [6.07, 6.45) is 5.20. The maximum absolute atomic E-state index is 5.30. The number of hydrogen-bond acceptors (Lipinski definition) is 6. The maximum atomic E-state index is 5.30. The smallest absolute Gasteiger partial charge is 0.266 e. The van der Waals surface area contributed by atoms with E-state index in [-0.39, 0.29) is 0 Å². The topological polar surface area (TPSA) is 63.4 Å². The molecule has 2 heterocycles. The molecule has 0 amide bonds. The third kappa shape index (κ3) is 2.81. The van der Waals surface area contributed by atoms with Crippen molar-refractivity contribution in [1.82, 2.24) is 15.5 Å². The van der Waals surface area contributed by atoms with Crippen molar-refractivity contribution in [2.75, 3.05) is 31.2 Å². The molecule has 0 bridgehead atoms. The lowest BCUT2D eigenvalue weighted by Gasteiger charge is -2.24. The Labute approximate surface area is 107 Å². The zero-order valence-corrected chi connectivity index (χ0v) is 10.6. The van der Waals surface area contributed by atoms with Crippen LogP contribution in [0.4, 0.5) is 5.95 Å². The summed E-state index contributed by atoms with van der Waals surface area (Å²) < 4.78 is 10.6. The number of hydrogen-bond donors (Lipinski definition) is 1. The fourth-order valence-corrected chi connectivity index (χ4v) is 2.57. The first kappa shape index (κ1) is 11.9. The lowest BCUT2D eigenvalue weighted by molar-refractivity contribution is 0.121. The van der Waals surface area contributed by atoms with Gasteiger partial charge in [-0.25, -0.2) is 0 Å². The quantitative estimate of drug-likeness (QED) is 0.860. The van der Waals surface area contributed by atoms with Crippen LogP contribution in [-0.2, 0) is 11.3 Å². The molecular formula is C12H20N4O2. The van der Waals surface area contributed by atoms with Gasteiger partial charge in [-0.05, 0) is 18.0 Å². The Morgan fingerprint density at radius 2 is 2.00 bits per heavy atom. The van der Waals surface area contributed by atoms with Crippen molar-refractivity contribution in [1.29, 1.82) is 0 Å². The average molecular weight is 252 g/mol. The molecule has 1 aliphatic carbocycles. The van der Waals surface area contributed by atoms with Gasteiger partial charge < -0.3 is 19.5 Å². The molecule has 100 valence electrons. The molecule has 18 heavy (non-hydrogen) atoms. The maximum Gasteiger partial charge on any atom is 0.266 e. The summed E-state index contributed by atoms with van der Waals surface area (Å²) in [7, 11) is 0. The van der Waals surface area contributed by atoms with E-state index in [0.717, 1.165) is 26.3 Å². The summed E-state index contributed by atoms with van der Waals surface area (Å²) in [6, 6.07) is 0.628. The second-order valence-corrected chi connectivity index (χ2v) is 4.95. The second kappa shape index (κ2) is 5.67. The first-order valence-corrected chi connectivity index (χ1v) is 6.80. The first-order valence-electron chi connectivity index (χ1n) is 6.80. The fourth-order valence-electron chi connectivity index (χ4n) is 2.57. The summed E-state index contributed by atoms with van der Waals surface area (Å²) in [5.74, 6) is 1.38. The number of nitrogens with zero attached hydrogens (tertiary/aromatic N) is 3. The molecule has 2 fully saturated rings. The average Bonchev–Trinajstić information content (AvgIpc) is 3.09. The third-order valence-corrected chi connectivity index (χ3v) is 3.65. The van der Waals surface area contributed by atoms with Gasteiger partial charge in [-0.3, -0.25) is 0 Å². The van der Waals surface area contributed by atoms with Gasteiger partial charge in [0, 0.05) is 19.1 Å². The highest BCUT2D eigenvalue weighted by molar-refractivity contribution is 5.27. The number of morpholine rings is 1. The standard InChI is InChI=1S/C12H20N4O2/c1-2-4-10(3-1)13-9-11-14-12(15-18-11)16-5-7-17-8-6-16/h10,13H,1-9H2. The van der Waals surface area contributed by atoms with Crippen molar-refractivity contribution < 1.29 is 9.26 Å². The van der Waals surface area contributed by atoms with Crippen molar-refractivity contribution in [3.63, 3.8) is 0 Å². The Kier molecular flexibility index (Phi) is 3.75. The van der Waals surface area contributed by atoms with Gasteiger partial charge in [0.05, 0.1) is 19.8 Å². The Morgan fingerprint density at radius 1 is 1.22 bits per heavy atom. The molecule has 0 radical (unpaired) electrons. The molecule has 2 aliphatic rings. The molecule has 0 aromatic carbocycles. The highest BCUT2D eigenvalue weighted by Gasteiger charge is 2.18. The fraction of sp³-hybridized carbons (Fsp3) is 0.833. The molecule has 3 rings (SSSR count). The lowest BCUT2D eigenvalue weighted by Crippen LogP contribution is -2.36. The van der Waals surface area contributed by atoms with E-state index < -0.39 is 0 Å². The molecular weight excluding hydrogens is 232 g/mol. The number of ether oxygens (including phenoxy) is 1. The number of rotatable bonds is 4. The number of anilines is 1. The van der Waals surface area contributed by atoms with Crippen LogP contribution in [0.5, 0.6) is 0 Å². The van der Waals surface area contributed by atoms with E-state index in [1.807, 2.05) is 0 Å². The van der Waals surface area contributed by atoms with Crippen molar-refractivity contribution in [2.24, 2.45) is 0 Å². The van der Waals surface area contributed by atoms with Crippen molar-refractivity contribution >= 4 is 5.95 Å². The number of nitrogens with one attached hydrogen (secondary N) is 1. The van der Waals surface area contributed by atoms with E-state index in [0.29, 0.717) is 24.4 Å². The summed E-state index contributed by atoms with van der Waals surface area (Å²) in [6.45, 7) is 3.85. The predicted octanol–water partition coefficient (Wildman–Crippen LogP) is 0.938. The Balaban J connectivity index is 1.52. The van der Waals surface area contributed by atoms with Crippen LogP contribution in [-0.4, -0.2) is 42.5 Å². The van der Waals surface area contributed by atoms with Crippen molar-refractivity contribution in [2.45, 2.75) is 38.3 Å². The minimum atomic E-state index is 0.628. The molecule has 6 heteroatoms. The number of aromatic nitrogens is 2. The van der Waals surface area contributed by atoms with E-state index in [9.17, 15) is 0 Å². The lowest BCUT2D eigenvalue weighted by atomic mass is 10.2. The van der Waals surface area contributed by atoms with E-state index in [1.54, 1.807) is 0 Å². The normalized spacial score (nSPS) is 21.7. The highest BCUT2D eigenvalue weighted by atomic mass is 16.5. The molecule has 1 saturated heterocycles. The summed E-state index contributed by atoms with van der Waals surface area (Å²) >= 11 is 0. The van der Waals surface area contributed by atoms with Gasteiger partial charge in [-0.2, -0.15) is 4.98 Å². The van der Waals surface area contributed by atoms with Crippen LogP contribution >= 0.6 is 0 Å². The van der Waals surface area contributed by atoms with Gasteiger partial charge in [0.25, 0.3) is 5.95 Å². The van der Waals surface area contributed by atoms with Crippen LogP contribution in [0.25, 0.3) is 0 Å². The van der Waals surface area contributed by atoms with Gasteiger partial charge in [0.15, 0.2) is 0 Å². The summed E-state index contributed by atoms with van der Waals surface area (Å²) in [5, 5.41) is 7.50. The molecule has 6 nitrogen and oxygen atoms in total. The monoisotopic (exact) mass is 252 g/mol. The second-order valence-electron chi connectivity index (χ2n) is 4.95. The van der Waals surface area contributed by atoms with Gasteiger partial charge in [-0.1, -0.05) is 12.8 Å². The first-order chi connectivity index (χ1) is 8.92. The summed E-state index contributed by atoms with van der Waals surface area (Å²) in [5.41, 5.74) is 0. The SMILES string of the molecule is C1CCC(NCc2nc(N3CCOCC3)no2)C1. The Hall–Kier alpha value is -1.14. The molecule has 1 aliphatic heterocycles. The van der Waals surface area contributed by atoms with Gasteiger partial charge >= 0.3 is 0 Å². The van der Waals surface area contributed by atoms with E-state index in [1.165, 1.54) is 25.7 Å². The van der Waals surface area contributed by atoms with Crippen molar-refractivity contribution in [3.8, 4) is 0 Å². The highest BCUT2D eigenvalue weighted by Crippen LogP contribution is 2.18. The van der Waals surface area contributed by atoms with Crippen LogP contribution in [0.1, 0.15) is 31.6 Å². The van der Waals surface area contributed by atoms with Crippen LogP contribution in [0.3, 0.4) is 0 Å². The predicted molar refractivity (Wildman–Crippen MR) is 66.4 cm³/mol. The zero-order chi connectivity index (χ0) is 12.2. The molecule has 0 atom stereocenters. The molecule has 1 saturated carbocycles. The van der Waals surface area contributed by atoms with Crippen molar-refractivity contribution in [3.05, 3.63) is 5.89 Å². The van der Waals surface area contributed by atoms with Crippen LogP contribution in [0.2, 0.25) is 0 Å². The minimum absolute atomic E-state index is 0.628. The van der Waals surface area contributed by atoms with E-state index in [2.05, 4.69) is 20.4 Å². The van der Waals surface area contributed by atoms with E-state index >= 15 is 0 Å². The molecule has 0 spiro atoms. The van der Waals surface area contributed by atoms with Crippen LogP contribution in [0.15, 0.2) is 4.52 Å².